The van der Waals surface area contributed by atoms with E-state index < -0.39 is 0 Å². The van der Waals surface area contributed by atoms with Crippen molar-refractivity contribution in [3.63, 3.8) is 0 Å². The summed E-state index contributed by atoms with van der Waals surface area (Å²) in [6.45, 7) is 2.49. The van der Waals surface area contributed by atoms with E-state index in [1.807, 2.05) is 31.2 Å². The Labute approximate surface area is 119 Å². The number of rotatable bonds is 3. The van der Waals surface area contributed by atoms with E-state index in [1.165, 1.54) is 6.07 Å². The Morgan fingerprint density at radius 2 is 2.06 bits per heavy atom. The second-order valence-electron chi connectivity index (χ2n) is 4.03. The van der Waals surface area contributed by atoms with Crippen molar-refractivity contribution < 1.29 is 4.39 Å². The fourth-order valence-electron chi connectivity index (χ4n) is 1.59. The Bertz CT molecular complexity index is 572. The van der Waals surface area contributed by atoms with E-state index in [4.69, 9.17) is 11.6 Å². The molecule has 0 saturated carbocycles. The van der Waals surface area contributed by atoms with Gasteiger partial charge in [-0.1, -0.05) is 29.8 Å². The SMILES string of the molecule is Cc1ccc(NCc2cccc(F)c2Br)cc1Cl. The van der Waals surface area contributed by atoms with E-state index in [1.54, 1.807) is 6.07 Å². The summed E-state index contributed by atoms with van der Waals surface area (Å²) in [5.74, 6) is -0.253. The molecular formula is C14H12BrClFN. The summed E-state index contributed by atoms with van der Waals surface area (Å²) >= 11 is 9.28. The zero-order chi connectivity index (χ0) is 13.1. The highest BCUT2D eigenvalue weighted by Gasteiger charge is 2.05. The molecule has 0 atom stereocenters. The van der Waals surface area contributed by atoms with Gasteiger partial charge in [-0.05, 0) is 52.2 Å². The Hall–Kier alpha value is -1.06. The van der Waals surface area contributed by atoms with Gasteiger partial charge in [0.1, 0.15) is 5.82 Å². The largest absolute Gasteiger partial charge is 0.381 e. The highest BCUT2D eigenvalue weighted by molar-refractivity contribution is 9.10. The molecule has 0 aliphatic heterocycles. The molecule has 18 heavy (non-hydrogen) atoms. The van der Waals surface area contributed by atoms with Crippen LogP contribution in [0.1, 0.15) is 11.1 Å². The van der Waals surface area contributed by atoms with Gasteiger partial charge in [-0.3, -0.25) is 0 Å². The lowest BCUT2D eigenvalue weighted by molar-refractivity contribution is 0.618. The van der Waals surface area contributed by atoms with E-state index in [0.29, 0.717) is 11.0 Å². The third kappa shape index (κ3) is 3.03. The van der Waals surface area contributed by atoms with Gasteiger partial charge in [0.15, 0.2) is 0 Å². The normalized spacial score (nSPS) is 10.4. The predicted octanol–water partition coefficient (Wildman–Crippen LogP) is 5.16. The van der Waals surface area contributed by atoms with E-state index >= 15 is 0 Å². The molecule has 2 rings (SSSR count). The van der Waals surface area contributed by atoms with Crippen molar-refractivity contribution in [2.45, 2.75) is 13.5 Å². The first-order chi connectivity index (χ1) is 8.58. The van der Waals surface area contributed by atoms with Crippen molar-refractivity contribution in [1.82, 2.24) is 0 Å². The van der Waals surface area contributed by atoms with Crippen LogP contribution in [0.3, 0.4) is 0 Å². The molecule has 0 saturated heterocycles. The Morgan fingerprint density at radius 1 is 1.28 bits per heavy atom. The first-order valence-electron chi connectivity index (χ1n) is 5.51. The molecule has 0 bridgehead atoms. The lowest BCUT2D eigenvalue weighted by Crippen LogP contribution is -2.01. The third-order valence-electron chi connectivity index (χ3n) is 2.69. The zero-order valence-electron chi connectivity index (χ0n) is 9.81. The molecule has 0 amide bonds. The van der Waals surface area contributed by atoms with Gasteiger partial charge < -0.3 is 5.32 Å². The van der Waals surface area contributed by atoms with E-state index in [2.05, 4.69) is 21.2 Å². The topological polar surface area (TPSA) is 12.0 Å². The molecule has 94 valence electrons. The van der Waals surface area contributed by atoms with Crippen LogP contribution in [0.5, 0.6) is 0 Å². The number of halogens is 3. The second kappa shape index (κ2) is 5.72. The summed E-state index contributed by atoms with van der Waals surface area (Å²) in [7, 11) is 0. The number of nitrogens with one attached hydrogen (secondary N) is 1. The van der Waals surface area contributed by atoms with Gasteiger partial charge in [-0.25, -0.2) is 4.39 Å². The van der Waals surface area contributed by atoms with E-state index in [9.17, 15) is 4.39 Å². The van der Waals surface area contributed by atoms with Gasteiger partial charge in [0.25, 0.3) is 0 Å². The Balaban J connectivity index is 2.11. The van der Waals surface area contributed by atoms with Crippen LogP contribution < -0.4 is 5.32 Å². The predicted molar refractivity (Wildman–Crippen MR) is 77.6 cm³/mol. The zero-order valence-corrected chi connectivity index (χ0v) is 12.1. The molecule has 0 spiro atoms. The standard InChI is InChI=1S/C14H12BrClFN/c1-9-5-6-11(7-12(9)16)18-8-10-3-2-4-13(17)14(10)15/h2-7,18H,8H2,1H3. The first-order valence-corrected chi connectivity index (χ1v) is 6.68. The van der Waals surface area contributed by atoms with Gasteiger partial charge in [0.05, 0.1) is 4.47 Å². The number of benzene rings is 2. The van der Waals surface area contributed by atoms with Crippen LogP contribution in [0, 0.1) is 12.7 Å². The number of hydrogen-bond donors (Lipinski definition) is 1. The van der Waals surface area contributed by atoms with Gasteiger partial charge in [-0.15, -0.1) is 0 Å². The van der Waals surface area contributed by atoms with Gasteiger partial charge in [0.2, 0.25) is 0 Å². The van der Waals surface area contributed by atoms with Crippen LogP contribution in [-0.4, -0.2) is 0 Å². The summed E-state index contributed by atoms with van der Waals surface area (Å²) in [4.78, 5) is 0. The molecule has 0 aliphatic carbocycles. The summed E-state index contributed by atoms with van der Waals surface area (Å²) in [6.07, 6.45) is 0. The lowest BCUT2D eigenvalue weighted by atomic mass is 10.2. The maximum Gasteiger partial charge on any atom is 0.137 e. The van der Waals surface area contributed by atoms with Crippen LogP contribution in [-0.2, 0) is 6.54 Å². The van der Waals surface area contributed by atoms with E-state index in [-0.39, 0.29) is 5.82 Å². The molecule has 0 heterocycles. The van der Waals surface area contributed by atoms with Crippen molar-refractivity contribution in [3.05, 3.63) is 62.8 Å². The maximum absolute atomic E-state index is 13.3. The fourth-order valence-corrected chi connectivity index (χ4v) is 2.17. The smallest absolute Gasteiger partial charge is 0.137 e. The van der Waals surface area contributed by atoms with Crippen molar-refractivity contribution in [2.75, 3.05) is 5.32 Å². The quantitative estimate of drug-likeness (QED) is 0.820. The minimum Gasteiger partial charge on any atom is -0.381 e. The van der Waals surface area contributed by atoms with Gasteiger partial charge >= 0.3 is 0 Å². The lowest BCUT2D eigenvalue weighted by Gasteiger charge is -2.09. The second-order valence-corrected chi connectivity index (χ2v) is 5.23. The average molecular weight is 329 g/mol. The highest BCUT2D eigenvalue weighted by Crippen LogP contribution is 2.23. The van der Waals surface area contributed by atoms with Crippen molar-refractivity contribution >= 4 is 33.2 Å². The van der Waals surface area contributed by atoms with Crippen LogP contribution in [0.25, 0.3) is 0 Å². The van der Waals surface area contributed by atoms with Crippen LogP contribution in [0.15, 0.2) is 40.9 Å². The first kappa shape index (κ1) is 13.4. The number of hydrogen-bond acceptors (Lipinski definition) is 1. The minimum atomic E-state index is -0.253. The molecule has 0 unspecified atom stereocenters. The van der Waals surface area contributed by atoms with Crippen molar-refractivity contribution in [2.24, 2.45) is 0 Å². The van der Waals surface area contributed by atoms with Crippen molar-refractivity contribution in [1.29, 1.82) is 0 Å². The molecule has 0 aromatic heterocycles. The molecular weight excluding hydrogens is 317 g/mol. The van der Waals surface area contributed by atoms with Crippen LogP contribution in [0.2, 0.25) is 5.02 Å². The average Bonchev–Trinajstić information content (AvgIpc) is 2.35. The van der Waals surface area contributed by atoms with Gasteiger partial charge in [0, 0.05) is 17.3 Å². The van der Waals surface area contributed by atoms with Crippen LogP contribution >= 0.6 is 27.5 Å². The number of aryl methyl sites for hydroxylation is 1. The fraction of sp³-hybridized carbons (Fsp3) is 0.143. The van der Waals surface area contributed by atoms with Crippen molar-refractivity contribution in [3.8, 4) is 0 Å². The third-order valence-corrected chi connectivity index (χ3v) is 3.98. The monoisotopic (exact) mass is 327 g/mol. The summed E-state index contributed by atoms with van der Waals surface area (Å²) in [5, 5.41) is 3.94. The summed E-state index contributed by atoms with van der Waals surface area (Å²) < 4.78 is 13.8. The maximum atomic E-state index is 13.3. The Morgan fingerprint density at radius 3 is 2.78 bits per heavy atom. The molecule has 4 heteroatoms. The summed E-state index contributed by atoms with van der Waals surface area (Å²) in [6, 6.07) is 10.8. The molecule has 1 nitrogen and oxygen atoms in total. The minimum absolute atomic E-state index is 0.253. The molecule has 0 radical (unpaired) electrons. The molecule has 1 N–H and O–H groups in total. The number of anilines is 1. The molecule has 2 aromatic rings. The van der Waals surface area contributed by atoms with E-state index in [0.717, 1.165) is 21.8 Å². The molecule has 2 aromatic carbocycles. The molecule has 0 aliphatic rings. The molecule has 0 fully saturated rings. The van der Waals surface area contributed by atoms with Crippen LogP contribution in [0.4, 0.5) is 10.1 Å². The highest BCUT2D eigenvalue weighted by atomic mass is 79.9. The summed E-state index contributed by atoms with van der Waals surface area (Å²) in [5.41, 5.74) is 2.82. The Kier molecular flexibility index (Phi) is 4.25. The van der Waals surface area contributed by atoms with Gasteiger partial charge in [-0.2, -0.15) is 0 Å².